The SMILES string of the molecule is NS(=O)(=O)C1Nc2ccccc2CC1=O. The first kappa shape index (κ1) is 10.1. The Labute approximate surface area is 87.3 Å². The normalized spacial score (nSPS) is 20.6. The molecule has 0 amide bonds. The molecule has 0 bridgehead atoms. The van der Waals surface area contributed by atoms with Crippen LogP contribution in [0.15, 0.2) is 24.3 Å². The summed E-state index contributed by atoms with van der Waals surface area (Å²) in [5.41, 5.74) is 1.44. The summed E-state index contributed by atoms with van der Waals surface area (Å²) >= 11 is 0. The number of ketones is 1. The minimum atomic E-state index is -3.88. The maximum absolute atomic E-state index is 11.5. The van der Waals surface area contributed by atoms with Crippen molar-refractivity contribution >= 4 is 21.5 Å². The minimum absolute atomic E-state index is 0.101. The van der Waals surface area contributed by atoms with Gasteiger partial charge in [0, 0.05) is 12.1 Å². The predicted octanol–water partition coefficient (Wildman–Crippen LogP) is -0.162. The van der Waals surface area contributed by atoms with E-state index in [-0.39, 0.29) is 6.42 Å². The number of para-hydroxylation sites is 1. The molecule has 5 nitrogen and oxygen atoms in total. The summed E-state index contributed by atoms with van der Waals surface area (Å²) in [4.78, 5) is 11.5. The molecule has 1 aliphatic rings. The number of primary sulfonamides is 1. The average molecular weight is 226 g/mol. The van der Waals surface area contributed by atoms with Crippen molar-refractivity contribution in [2.75, 3.05) is 5.32 Å². The molecule has 0 saturated carbocycles. The zero-order valence-corrected chi connectivity index (χ0v) is 8.62. The molecular weight excluding hydrogens is 216 g/mol. The third-order valence-corrected chi connectivity index (χ3v) is 3.33. The summed E-state index contributed by atoms with van der Waals surface area (Å²) in [6.45, 7) is 0. The lowest BCUT2D eigenvalue weighted by atomic mass is 10.0. The number of fused-ring (bicyclic) bond motifs is 1. The molecule has 1 aliphatic heterocycles. The van der Waals surface area contributed by atoms with E-state index in [1.807, 2.05) is 0 Å². The molecule has 1 aromatic carbocycles. The van der Waals surface area contributed by atoms with Crippen molar-refractivity contribution in [1.29, 1.82) is 0 Å². The summed E-state index contributed by atoms with van der Waals surface area (Å²) in [6.07, 6.45) is 0.101. The van der Waals surface area contributed by atoms with E-state index in [4.69, 9.17) is 5.14 Å². The van der Waals surface area contributed by atoms with Gasteiger partial charge in [0.2, 0.25) is 15.4 Å². The van der Waals surface area contributed by atoms with Crippen LogP contribution in [0.4, 0.5) is 5.69 Å². The second-order valence-corrected chi connectivity index (χ2v) is 5.06. The van der Waals surface area contributed by atoms with Crippen molar-refractivity contribution in [2.45, 2.75) is 11.8 Å². The number of hydrogen-bond acceptors (Lipinski definition) is 4. The van der Waals surface area contributed by atoms with Crippen LogP contribution in [0.5, 0.6) is 0 Å². The average Bonchev–Trinajstić information content (AvgIpc) is 2.15. The Morgan fingerprint density at radius 3 is 2.67 bits per heavy atom. The summed E-state index contributed by atoms with van der Waals surface area (Å²) < 4.78 is 22.2. The number of hydrogen-bond donors (Lipinski definition) is 2. The molecular formula is C9H10N2O3S. The van der Waals surface area contributed by atoms with Gasteiger partial charge < -0.3 is 5.32 Å². The minimum Gasteiger partial charge on any atom is -0.362 e. The standard InChI is InChI=1S/C9H10N2O3S/c10-15(13,14)9-8(12)5-6-3-1-2-4-7(6)11-9/h1-4,9,11H,5H2,(H2,10,13,14). The summed E-state index contributed by atoms with van der Waals surface area (Å²) in [5.74, 6) is -0.420. The van der Waals surface area contributed by atoms with Crippen molar-refractivity contribution in [3.63, 3.8) is 0 Å². The number of nitrogens with one attached hydrogen (secondary N) is 1. The van der Waals surface area contributed by atoms with Crippen molar-refractivity contribution in [3.05, 3.63) is 29.8 Å². The van der Waals surface area contributed by atoms with Gasteiger partial charge in [-0.3, -0.25) is 4.79 Å². The Morgan fingerprint density at radius 2 is 2.00 bits per heavy atom. The first-order chi connectivity index (χ1) is 6.98. The van der Waals surface area contributed by atoms with Crippen LogP contribution in [0.25, 0.3) is 0 Å². The molecule has 80 valence electrons. The fourth-order valence-electron chi connectivity index (χ4n) is 1.58. The highest BCUT2D eigenvalue weighted by molar-refractivity contribution is 7.90. The summed E-state index contributed by atoms with van der Waals surface area (Å²) in [7, 11) is -3.88. The van der Waals surface area contributed by atoms with Crippen LogP contribution in [-0.2, 0) is 21.2 Å². The van der Waals surface area contributed by atoms with Crippen LogP contribution in [0.3, 0.4) is 0 Å². The zero-order valence-electron chi connectivity index (χ0n) is 7.80. The quantitative estimate of drug-likeness (QED) is 0.696. The van der Waals surface area contributed by atoms with Crippen LogP contribution in [0, 0.1) is 0 Å². The third kappa shape index (κ3) is 1.86. The van der Waals surface area contributed by atoms with Crippen LogP contribution in [0.2, 0.25) is 0 Å². The maximum Gasteiger partial charge on any atom is 0.237 e. The maximum atomic E-state index is 11.5. The van der Waals surface area contributed by atoms with Gasteiger partial charge in [-0.2, -0.15) is 0 Å². The lowest BCUT2D eigenvalue weighted by Gasteiger charge is -2.23. The lowest BCUT2D eigenvalue weighted by molar-refractivity contribution is -0.117. The Balaban J connectivity index is 2.43. The zero-order chi connectivity index (χ0) is 11.1. The van der Waals surface area contributed by atoms with E-state index in [9.17, 15) is 13.2 Å². The molecule has 0 saturated heterocycles. The number of carbonyl (C=O) groups is 1. The lowest BCUT2D eigenvalue weighted by Crippen LogP contribution is -2.45. The first-order valence-corrected chi connectivity index (χ1v) is 5.98. The molecule has 0 aromatic heterocycles. The number of benzene rings is 1. The molecule has 0 fully saturated rings. The number of rotatable bonds is 1. The fraction of sp³-hybridized carbons (Fsp3) is 0.222. The van der Waals surface area contributed by atoms with Gasteiger partial charge in [-0.1, -0.05) is 18.2 Å². The van der Waals surface area contributed by atoms with E-state index in [0.29, 0.717) is 5.69 Å². The number of anilines is 1. The van der Waals surface area contributed by atoms with E-state index in [1.54, 1.807) is 24.3 Å². The van der Waals surface area contributed by atoms with Gasteiger partial charge in [0.1, 0.15) is 0 Å². The number of nitrogens with two attached hydrogens (primary N) is 1. The van der Waals surface area contributed by atoms with Crippen molar-refractivity contribution in [2.24, 2.45) is 5.14 Å². The molecule has 0 spiro atoms. The summed E-state index contributed by atoms with van der Waals surface area (Å²) in [6, 6.07) is 7.06. The van der Waals surface area contributed by atoms with Gasteiger partial charge in [-0.15, -0.1) is 0 Å². The highest BCUT2D eigenvalue weighted by Crippen LogP contribution is 2.23. The van der Waals surface area contributed by atoms with Crippen molar-refractivity contribution < 1.29 is 13.2 Å². The highest BCUT2D eigenvalue weighted by atomic mass is 32.2. The van der Waals surface area contributed by atoms with E-state index in [1.165, 1.54) is 0 Å². The largest absolute Gasteiger partial charge is 0.362 e. The molecule has 1 aromatic rings. The Morgan fingerprint density at radius 1 is 1.33 bits per heavy atom. The van der Waals surface area contributed by atoms with Crippen LogP contribution in [0.1, 0.15) is 5.56 Å². The van der Waals surface area contributed by atoms with Crippen molar-refractivity contribution in [3.8, 4) is 0 Å². The van der Waals surface area contributed by atoms with Gasteiger partial charge >= 0.3 is 0 Å². The summed E-state index contributed by atoms with van der Waals surface area (Å²) in [5, 5.41) is 6.26. The Hall–Kier alpha value is -1.40. The molecule has 6 heteroatoms. The molecule has 3 N–H and O–H groups in total. The van der Waals surface area contributed by atoms with Gasteiger partial charge in [0.25, 0.3) is 0 Å². The van der Waals surface area contributed by atoms with E-state index in [0.717, 1.165) is 5.56 Å². The third-order valence-electron chi connectivity index (χ3n) is 2.29. The molecule has 1 atom stereocenters. The second-order valence-electron chi connectivity index (χ2n) is 3.41. The van der Waals surface area contributed by atoms with E-state index >= 15 is 0 Å². The monoisotopic (exact) mass is 226 g/mol. The topological polar surface area (TPSA) is 89.3 Å². The van der Waals surface area contributed by atoms with Crippen molar-refractivity contribution in [1.82, 2.24) is 0 Å². The molecule has 1 unspecified atom stereocenters. The van der Waals surface area contributed by atoms with Crippen LogP contribution in [-0.4, -0.2) is 19.6 Å². The number of carbonyl (C=O) groups excluding carboxylic acids is 1. The highest BCUT2D eigenvalue weighted by Gasteiger charge is 2.33. The molecule has 0 radical (unpaired) electrons. The number of sulfonamides is 1. The first-order valence-electron chi connectivity index (χ1n) is 4.37. The van der Waals surface area contributed by atoms with Gasteiger partial charge in [0.15, 0.2) is 5.78 Å². The second kappa shape index (κ2) is 3.32. The van der Waals surface area contributed by atoms with Gasteiger partial charge in [0.05, 0.1) is 0 Å². The van der Waals surface area contributed by atoms with Gasteiger partial charge in [-0.05, 0) is 11.6 Å². The smallest absolute Gasteiger partial charge is 0.237 e. The Kier molecular flexibility index (Phi) is 2.24. The molecule has 0 aliphatic carbocycles. The molecule has 1 heterocycles. The molecule has 2 rings (SSSR count). The van der Waals surface area contributed by atoms with Gasteiger partial charge in [-0.25, -0.2) is 13.6 Å². The predicted molar refractivity (Wildman–Crippen MR) is 55.7 cm³/mol. The van der Waals surface area contributed by atoms with Crippen LogP contribution < -0.4 is 10.5 Å². The molecule has 15 heavy (non-hydrogen) atoms. The van der Waals surface area contributed by atoms with E-state index < -0.39 is 21.2 Å². The van der Waals surface area contributed by atoms with E-state index in [2.05, 4.69) is 5.32 Å². The Bertz CT molecular complexity index is 510. The fourth-order valence-corrected chi connectivity index (χ4v) is 2.32. The van der Waals surface area contributed by atoms with Crippen LogP contribution >= 0.6 is 0 Å². The number of Topliss-reactive ketones (excluding diaryl/α,β-unsaturated/α-hetero) is 1.